The van der Waals surface area contributed by atoms with Gasteiger partial charge in [0, 0.05) is 42.0 Å². The molecule has 11 heteroatoms. The normalized spacial score (nSPS) is 14.6. The molecular formula is C25H27N3O7S. The van der Waals surface area contributed by atoms with Crippen LogP contribution in [0.5, 0.6) is 34.5 Å². The van der Waals surface area contributed by atoms with Crippen molar-refractivity contribution < 1.29 is 30.3 Å². The van der Waals surface area contributed by atoms with Crippen molar-refractivity contribution in [2.24, 2.45) is 0 Å². The van der Waals surface area contributed by atoms with E-state index >= 15 is 0 Å². The fraction of sp³-hybridized carbons (Fsp3) is 0.320. The average molecular weight is 514 g/mol. The number of fused-ring (bicyclic) bond motifs is 2. The van der Waals surface area contributed by atoms with E-state index in [1.165, 1.54) is 15.8 Å². The summed E-state index contributed by atoms with van der Waals surface area (Å²) in [7, 11) is 0. The Morgan fingerprint density at radius 2 is 1.64 bits per heavy atom. The van der Waals surface area contributed by atoms with Crippen molar-refractivity contribution in [2.45, 2.75) is 12.8 Å². The second kappa shape index (κ2) is 9.67. The molecule has 0 saturated carbocycles. The van der Waals surface area contributed by atoms with Crippen molar-refractivity contribution in [3.63, 3.8) is 0 Å². The number of H-pyrrole nitrogens is 1. The zero-order chi connectivity index (χ0) is 25.4. The van der Waals surface area contributed by atoms with Gasteiger partial charge in [0.05, 0.1) is 12.0 Å². The lowest BCUT2D eigenvalue weighted by Crippen LogP contribution is -2.46. The van der Waals surface area contributed by atoms with Gasteiger partial charge in [0.15, 0.2) is 17.2 Å². The number of rotatable bonds is 7. The number of aromatic nitrogens is 1. The Morgan fingerprint density at radius 3 is 2.42 bits per heavy atom. The number of hydrogen-bond acceptors (Lipinski definition) is 10. The molecule has 3 heterocycles. The molecule has 2 aromatic carbocycles. The van der Waals surface area contributed by atoms with Crippen molar-refractivity contribution in [3.05, 3.63) is 40.0 Å². The summed E-state index contributed by atoms with van der Waals surface area (Å²) in [6, 6.07) is 8.61. The van der Waals surface area contributed by atoms with Crippen LogP contribution in [0, 0.1) is 0 Å². The monoisotopic (exact) mass is 513 g/mol. The van der Waals surface area contributed by atoms with Crippen LogP contribution < -0.4 is 15.2 Å². The Labute approximate surface area is 209 Å². The predicted molar refractivity (Wildman–Crippen MR) is 138 cm³/mol. The van der Waals surface area contributed by atoms with Gasteiger partial charge in [-0.3, -0.25) is 9.69 Å². The number of nitrogens with one attached hydrogen (secondary N) is 1. The predicted octanol–water partition coefficient (Wildman–Crippen LogP) is 3.25. The van der Waals surface area contributed by atoms with Gasteiger partial charge in [-0.25, -0.2) is 0 Å². The molecule has 1 aliphatic rings. The maximum Gasteiger partial charge on any atom is 0.294 e. The lowest BCUT2D eigenvalue weighted by Gasteiger charge is -2.36. The maximum absolute atomic E-state index is 11.7. The Hall–Kier alpha value is -3.83. The van der Waals surface area contributed by atoms with Gasteiger partial charge in [-0.15, -0.1) is 11.3 Å². The van der Waals surface area contributed by atoms with Gasteiger partial charge in [0.1, 0.15) is 5.52 Å². The van der Waals surface area contributed by atoms with Gasteiger partial charge < -0.3 is 40.2 Å². The van der Waals surface area contributed by atoms with E-state index in [4.69, 9.17) is 4.74 Å². The van der Waals surface area contributed by atoms with Gasteiger partial charge in [-0.1, -0.05) is 6.07 Å². The topological polar surface area (TPSA) is 150 Å². The molecule has 10 nitrogen and oxygen atoms in total. The summed E-state index contributed by atoms with van der Waals surface area (Å²) in [5.41, 5.74) is -0.125. The Morgan fingerprint density at radius 1 is 0.889 bits per heavy atom. The van der Waals surface area contributed by atoms with E-state index in [0.717, 1.165) is 39.1 Å². The standard InChI is InChI=1S/C25H27N3O7S/c29-19-17-18(26-25(34)23(33)20(17)30)21(31)24(22(19)32)35-12-2-1-7-27-8-10-28(11-9-27)15-4-3-5-16-14(15)6-13-36-16/h3-6,13,29,31-33H,1-2,7-12H2,(H2,26,30,34). The van der Waals surface area contributed by atoms with Crippen LogP contribution in [0.1, 0.15) is 12.8 Å². The van der Waals surface area contributed by atoms with E-state index in [9.17, 15) is 30.3 Å². The van der Waals surface area contributed by atoms with Gasteiger partial charge in [0.2, 0.25) is 17.2 Å². The van der Waals surface area contributed by atoms with Crippen molar-refractivity contribution >= 4 is 38.0 Å². The first-order valence-corrected chi connectivity index (χ1v) is 12.6. The summed E-state index contributed by atoms with van der Waals surface area (Å²) < 4.78 is 6.81. The van der Waals surface area contributed by atoms with Crippen molar-refractivity contribution in [2.75, 3.05) is 44.2 Å². The Bertz CT molecular complexity index is 1470. The molecule has 0 aliphatic carbocycles. The highest BCUT2D eigenvalue weighted by Crippen LogP contribution is 2.51. The number of nitrogens with zero attached hydrogens (tertiary/aromatic N) is 2. The quantitative estimate of drug-likeness (QED) is 0.124. The first kappa shape index (κ1) is 23.9. The molecule has 0 radical (unpaired) electrons. The number of anilines is 1. The van der Waals surface area contributed by atoms with E-state index < -0.39 is 45.4 Å². The van der Waals surface area contributed by atoms with E-state index in [1.807, 2.05) is 0 Å². The number of ether oxygens (including phenoxy) is 1. The van der Waals surface area contributed by atoms with Crippen molar-refractivity contribution in [3.8, 4) is 34.5 Å². The minimum Gasteiger partial charge on any atom is -0.504 e. The minimum absolute atomic E-state index is 0.153. The molecule has 0 unspecified atom stereocenters. The number of piperazine rings is 1. The molecule has 0 amide bonds. The van der Waals surface area contributed by atoms with Crippen LogP contribution in [0.2, 0.25) is 0 Å². The molecule has 1 aliphatic heterocycles. The van der Waals surface area contributed by atoms with Crippen LogP contribution >= 0.6 is 11.3 Å². The third kappa shape index (κ3) is 4.20. The van der Waals surface area contributed by atoms with E-state index in [2.05, 4.69) is 44.4 Å². The third-order valence-electron chi connectivity index (χ3n) is 6.59. The Balaban J connectivity index is 1.15. The number of hydrogen-bond donors (Lipinski definition) is 6. The van der Waals surface area contributed by atoms with Gasteiger partial charge in [0.25, 0.3) is 5.56 Å². The highest BCUT2D eigenvalue weighted by molar-refractivity contribution is 7.17. The fourth-order valence-corrected chi connectivity index (χ4v) is 5.46. The number of phenols is 3. The van der Waals surface area contributed by atoms with Crippen molar-refractivity contribution in [1.29, 1.82) is 0 Å². The Kier molecular flexibility index (Phi) is 6.42. The lowest BCUT2D eigenvalue weighted by molar-refractivity contribution is 0.233. The zero-order valence-electron chi connectivity index (χ0n) is 19.4. The van der Waals surface area contributed by atoms with Crippen LogP contribution in [0.3, 0.4) is 0 Å². The average Bonchev–Trinajstić information content (AvgIpc) is 3.37. The summed E-state index contributed by atoms with van der Waals surface area (Å²) in [5, 5.41) is 53.4. The maximum atomic E-state index is 11.7. The fourth-order valence-electron chi connectivity index (χ4n) is 4.65. The van der Waals surface area contributed by atoms with E-state index in [-0.39, 0.29) is 12.1 Å². The lowest BCUT2D eigenvalue weighted by atomic mass is 10.1. The highest BCUT2D eigenvalue weighted by atomic mass is 32.1. The molecule has 0 bridgehead atoms. The molecule has 5 rings (SSSR count). The number of aromatic amines is 1. The van der Waals surface area contributed by atoms with Crippen LogP contribution in [0.15, 0.2) is 34.4 Å². The first-order valence-electron chi connectivity index (χ1n) is 11.7. The second-order valence-corrected chi connectivity index (χ2v) is 9.72. The number of unbranched alkanes of at least 4 members (excludes halogenated alkanes) is 1. The van der Waals surface area contributed by atoms with Crippen LogP contribution in [0.4, 0.5) is 5.69 Å². The zero-order valence-corrected chi connectivity index (χ0v) is 20.2. The molecule has 1 saturated heterocycles. The molecular weight excluding hydrogens is 486 g/mol. The van der Waals surface area contributed by atoms with Crippen molar-refractivity contribution in [1.82, 2.24) is 9.88 Å². The molecule has 2 aromatic heterocycles. The molecule has 4 aromatic rings. The third-order valence-corrected chi connectivity index (χ3v) is 7.48. The van der Waals surface area contributed by atoms with Gasteiger partial charge >= 0.3 is 0 Å². The number of phenolic OH excluding ortho intramolecular Hbond substituents is 3. The smallest absolute Gasteiger partial charge is 0.294 e. The van der Waals surface area contributed by atoms with Gasteiger partial charge in [-0.05, 0) is 43.0 Å². The van der Waals surface area contributed by atoms with Crippen LogP contribution in [-0.4, -0.2) is 74.7 Å². The van der Waals surface area contributed by atoms with Crippen LogP contribution in [-0.2, 0) is 0 Å². The molecule has 6 N–H and O–H groups in total. The largest absolute Gasteiger partial charge is 0.504 e. The molecule has 1 fully saturated rings. The summed E-state index contributed by atoms with van der Waals surface area (Å²) in [6.07, 6.45) is 1.45. The van der Waals surface area contributed by atoms with Crippen LogP contribution in [0.25, 0.3) is 21.0 Å². The SMILES string of the molecule is O=c1[nH]c2c(O)c(OCCCCN3CCN(c4cccc5sccc45)CC3)c(O)c(O)c2c(O)c1O. The first-order chi connectivity index (χ1) is 17.4. The number of thiophene rings is 1. The second-order valence-electron chi connectivity index (χ2n) is 8.77. The summed E-state index contributed by atoms with van der Waals surface area (Å²) in [4.78, 5) is 18.7. The number of pyridine rings is 1. The number of benzene rings is 2. The summed E-state index contributed by atoms with van der Waals surface area (Å²) in [6.45, 7) is 4.83. The van der Waals surface area contributed by atoms with E-state index in [1.54, 1.807) is 11.3 Å². The van der Waals surface area contributed by atoms with Gasteiger partial charge in [-0.2, -0.15) is 0 Å². The molecule has 0 atom stereocenters. The van der Waals surface area contributed by atoms with E-state index in [0.29, 0.717) is 6.42 Å². The minimum atomic E-state index is -1.06. The highest BCUT2D eigenvalue weighted by Gasteiger charge is 2.25. The summed E-state index contributed by atoms with van der Waals surface area (Å²) >= 11 is 1.75. The number of aromatic hydroxyl groups is 5. The molecule has 190 valence electrons. The molecule has 0 spiro atoms. The summed E-state index contributed by atoms with van der Waals surface area (Å²) in [5.74, 6) is -4.65. The molecule has 36 heavy (non-hydrogen) atoms.